The van der Waals surface area contributed by atoms with Gasteiger partial charge in [-0.1, -0.05) is 39.0 Å². The Morgan fingerprint density at radius 3 is 2.66 bits per heavy atom. The molecule has 7 heteroatoms. The van der Waals surface area contributed by atoms with Crippen molar-refractivity contribution in [2.45, 2.75) is 96.1 Å². The Labute approximate surface area is 191 Å². The van der Waals surface area contributed by atoms with Crippen LogP contribution in [0.4, 0.5) is 0 Å². The average Bonchev–Trinajstić information content (AvgIpc) is 3.45. The first-order valence-corrected chi connectivity index (χ1v) is 12.1. The third kappa shape index (κ3) is 6.41. The van der Waals surface area contributed by atoms with Crippen LogP contribution in [-0.2, 0) is 19.0 Å². The van der Waals surface area contributed by atoms with E-state index in [2.05, 4.69) is 25.2 Å². The van der Waals surface area contributed by atoms with Gasteiger partial charge in [0.1, 0.15) is 12.2 Å². The maximum atomic E-state index is 12.6. The zero-order valence-corrected chi connectivity index (χ0v) is 19.7. The largest absolute Gasteiger partial charge is 0.461 e. The maximum Gasteiger partial charge on any atom is 0.308 e. The summed E-state index contributed by atoms with van der Waals surface area (Å²) in [5.41, 5.74) is 1.14. The van der Waals surface area contributed by atoms with Gasteiger partial charge in [-0.15, -0.1) is 0 Å². The van der Waals surface area contributed by atoms with Gasteiger partial charge in [0.25, 0.3) is 0 Å². The summed E-state index contributed by atoms with van der Waals surface area (Å²) in [6, 6.07) is 0. The third-order valence-electron chi connectivity index (χ3n) is 7.38. The van der Waals surface area contributed by atoms with E-state index in [4.69, 9.17) is 14.2 Å². The second-order valence-corrected chi connectivity index (χ2v) is 9.79. The van der Waals surface area contributed by atoms with Crippen LogP contribution >= 0.6 is 0 Å². The molecule has 1 heterocycles. The molecule has 0 spiro atoms. The lowest BCUT2D eigenvalue weighted by molar-refractivity contribution is -0.159. The van der Waals surface area contributed by atoms with Gasteiger partial charge in [0, 0.05) is 25.9 Å². The molecule has 3 unspecified atom stereocenters. The summed E-state index contributed by atoms with van der Waals surface area (Å²) in [6.07, 6.45) is 6.96. The molecule has 2 aliphatic carbocycles. The van der Waals surface area contributed by atoms with Crippen LogP contribution < -0.4 is 0 Å². The average molecular weight is 453 g/mol. The molecule has 1 aliphatic heterocycles. The summed E-state index contributed by atoms with van der Waals surface area (Å²) >= 11 is 0. The summed E-state index contributed by atoms with van der Waals surface area (Å²) in [5, 5.41) is 29.9. The van der Waals surface area contributed by atoms with E-state index in [1.54, 1.807) is 7.11 Å². The van der Waals surface area contributed by atoms with Crippen molar-refractivity contribution in [3.8, 4) is 0 Å². The Balaban J connectivity index is 1.65. The number of epoxide rings is 1. The molecule has 182 valence electrons. The SMILES string of the molecule is CC[C@H](C)C(=O)OC1C[C@H](OC)C=C2C=C[C@H](C)[C@H](CC[C@@H](O)C[C@@H](O)CC3OC3O)[C@H]21. The van der Waals surface area contributed by atoms with Crippen molar-refractivity contribution in [2.24, 2.45) is 23.7 Å². The van der Waals surface area contributed by atoms with E-state index >= 15 is 0 Å². The molecule has 3 rings (SSSR count). The number of carbonyl (C=O) groups is 1. The van der Waals surface area contributed by atoms with Gasteiger partial charge in [-0.3, -0.25) is 4.79 Å². The predicted octanol–water partition coefficient (Wildman–Crippen LogP) is 2.73. The van der Waals surface area contributed by atoms with E-state index in [9.17, 15) is 20.1 Å². The molecule has 7 nitrogen and oxygen atoms in total. The highest BCUT2D eigenvalue weighted by Gasteiger charge is 2.43. The minimum atomic E-state index is -0.779. The number of allylic oxidation sites excluding steroid dienone is 2. The summed E-state index contributed by atoms with van der Waals surface area (Å²) < 4.78 is 16.5. The lowest BCUT2D eigenvalue weighted by atomic mass is 9.66. The molecule has 0 aromatic heterocycles. The van der Waals surface area contributed by atoms with Crippen LogP contribution in [-0.4, -0.2) is 65.2 Å². The number of hydrogen-bond acceptors (Lipinski definition) is 7. The first kappa shape index (κ1) is 25.4. The van der Waals surface area contributed by atoms with E-state index in [-0.39, 0.29) is 54.4 Å². The van der Waals surface area contributed by atoms with Crippen molar-refractivity contribution in [1.29, 1.82) is 0 Å². The van der Waals surface area contributed by atoms with Gasteiger partial charge in [-0.25, -0.2) is 0 Å². The van der Waals surface area contributed by atoms with Crippen LogP contribution in [0, 0.1) is 23.7 Å². The highest BCUT2D eigenvalue weighted by molar-refractivity contribution is 5.72. The lowest BCUT2D eigenvalue weighted by Crippen LogP contribution is -2.43. The van der Waals surface area contributed by atoms with Crippen LogP contribution in [0.5, 0.6) is 0 Å². The number of hydrogen-bond donors (Lipinski definition) is 3. The van der Waals surface area contributed by atoms with Crippen molar-refractivity contribution in [1.82, 2.24) is 0 Å². The normalized spacial score (nSPS) is 36.6. The number of esters is 1. The number of aliphatic hydroxyl groups is 3. The Morgan fingerprint density at radius 2 is 2.03 bits per heavy atom. The predicted molar refractivity (Wildman–Crippen MR) is 119 cm³/mol. The second kappa shape index (κ2) is 11.3. The van der Waals surface area contributed by atoms with E-state index in [1.807, 2.05) is 13.8 Å². The molecule has 0 amide bonds. The minimum absolute atomic E-state index is 0.0709. The van der Waals surface area contributed by atoms with E-state index in [0.29, 0.717) is 19.3 Å². The Kier molecular flexibility index (Phi) is 8.92. The highest BCUT2D eigenvalue weighted by atomic mass is 16.7. The second-order valence-electron chi connectivity index (χ2n) is 9.79. The maximum absolute atomic E-state index is 12.6. The molecule has 0 radical (unpaired) electrons. The summed E-state index contributed by atoms with van der Waals surface area (Å²) in [7, 11) is 1.68. The van der Waals surface area contributed by atoms with Crippen molar-refractivity contribution in [2.75, 3.05) is 7.11 Å². The molecular formula is C25H40O7. The van der Waals surface area contributed by atoms with Crippen molar-refractivity contribution in [3.05, 3.63) is 23.8 Å². The quantitative estimate of drug-likeness (QED) is 0.327. The number of methoxy groups -OCH3 is 1. The molecule has 0 saturated carbocycles. The molecular weight excluding hydrogens is 412 g/mol. The molecule has 1 fully saturated rings. The Hall–Kier alpha value is -1.25. The van der Waals surface area contributed by atoms with Crippen LogP contribution in [0.3, 0.4) is 0 Å². The fraction of sp³-hybridized carbons (Fsp3) is 0.800. The number of fused-ring (bicyclic) bond motifs is 1. The van der Waals surface area contributed by atoms with E-state index in [0.717, 1.165) is 18.4 Å². The van der Waals surface area contributed by atoms with Crippen molar-refractivity contribution in [3.63, 3.8) is 0 Å². The first-order valence-electron chi connectivity index (χ1n) is 12.1. The lowest BCUT2D eigenvalue weighted by Gasteiger charge is -2.43. The van der Waals surface area contributed by atoms with Crippen LogP contribution in [0.25, 0.3) is 0 Å². The van der Waals surface area contributed by atoms with Gasteiger partial charge in [-0.2, -0.15) is 0 Å². The van der Waals surface area contributed by atoms with Crippen LogP contribution in [0.1, 0.15) is 59.3 Å². The minimum Gasteiger partial charge on any atom is -0.461 e. The number of ether oxygens (including phenoxy) is 3. The number of aliphatic hydroxyl groups excluding tert-OH is 3. The highest BCUT2D eigenvalue weighted by Crippen LogP contribution is 2.44. The number of rotatable bonds is 11. The molecule has 10 atom stereocenters. The van der Waals surface area contributed by atoms with Gasteiger partial charge < -0.3 is 29.5 Å². The zero-order valence-electron chi connectivity index (χ0n) is 19.7. The van der Waals surface area contributed by atoms with Gasteiger partial charge >= 0.3 is 5.97 Å². The smallest absolute Gasteiger partial charge is 0.308 e. The van der Waals surface area contributed by atoms with Gasteiger partial charge in [-0.05, 0) is 43.1 Å². The first-order chi connectivity index (χ1) is 15.2. The molecule has 0 aromatic carbocycles. The standard InChI is InChI=1S/C25H40O7/c1-5-14(2)24(28)31-21-13-19(30-4)10-16-7-6-15(3)20(23(16)21)9-8-17(26)11-18(27)12-22-25(29)32-22/h6-7,10,14-15,17-23,25-27,29H,5,8-9,11-13H2,1-4H3/t14-,15-,17+,18+,19+,20-,21?,22?,23-,25?/m0/s1. The van der Waals surface area contributed by atoms with Crippen LogP contribution in [0.15, 0.2) is 23.8 Å². The summed E-state index contributed by atoms with van der Waals surface area (Å²) in [6.45, 7) is 6.04. The fourth-order valence-corrected chi connectivity index (χ4v) is 5.05. The number of carbonyl (C=O) groups excluding carboxylic acids is 1. The molecule has 0 bridgehead atoms. The topological polar surface area (TPSA) is 109 Å². The monoisotopic (exact) mass is 452 g/mol. The Bertz CT molecular complexity index is 690. The summed E-state index contributed by atoms with van der Waals surface area (Å²) in [4.78, 5) is 12.6. The fourth-order valence-electron chi connectivity index (χ4n) is 5.05. The summed E-state index contributed by atoms with van der Waals surface area (Å²) in [5.74, 6) is 0.272. The van der Waals surface area contributed by atoms with Gasteiger partial charge in [0.2, 0.25) is 0 Å². The van der Waals surface area contributed by atoms with Crippen molar-refractivity contribution >= 4 is 5.97 Å². The van der Waals surface area contributed by atoms with Gasteiger partial charge in [0.05, 0.1) is 24.2 Å². The van der Waals surface area contributed by atoms with Gasteiger partial charge in [0.15, 0.2) is 6.29 Å². The van der Waals surface area contributed by atoms with E-state index < -0.39 is 18.5 Å². The zero-order chi connectivity index (χ0) is 23.4. The van der Waals surface area contributed by atoms with Crippen LogP contribution in [0.2, 0.25) is 0 Å². The van der Waals surface area contributed by atoms with E-state index in [1.165, 1.54) is 0 Å². The van der Waals surface area contributed by atoms with Crippen molar-refractivity contribution < 1.29 is 34.3 Å². The molecule has 1 saturated heterocycles. The molecule has 3 N–H and O–H groups in total. The molecule has 0 aromatic rings. The molecule has 32 heavy (non-hydrogen) atoms. The molecule has 3 aliphatic rings. The Morgan fingerprint density at radius 1 is 1.31 bits per heavy atom. The third-order valence-corrected chi connectivity index (χ3v) is 7.38.